The number of benzene rings is 2. The minimum atomic E-state index is -0.190. The number of urea groups is 1. The quantitative estimate of drug-likeness (QED) is 0.790. The molecule has 0 fully saturated rings. The van der Waals surface area contributed by atoms with Gasteiger partial charge in [-0.25, -0.2) is 4.79 Å². The topological polar surface area (TPSA) is 61.4 Å². The van der Waals surface area contributed by atoms with Crippen LogP contribution in [0.3, 0.4) is 0 Å². The van der Waals surface area contributed by atoms with Gasteiger partial charge in [-0.05, 0) is 29.2 Å². The second kappa shape index (κ2) is 7.45. The third-order valence-corrected chi connectivity index (χ3v) is 3.36. The molecular weight excluding hydrogens is 264 g/mol. The molecule has 2 aromatic rings. The molecule has 0 spiro atoms. The first-order chi connectivity index (χ1) is 10.2. The highest BCUT2D eigenvalue weighted by Gasteiger charge is 2.02. The fourth-order valence-electron chi connectivity index (χ4n) is 1.99. The molecule has 21 heavy (non-hydrogen) atoms. The van der Waals surface area contributed by atoms with E-state index in [4.69, 9.17) is 5.11 Å². The number of hydrogen-bond acceptors (Lipinski definition) is 2. The molecular formula is C17H20N2O2. The van der Waals surface area contributed by atoms with Crippen LogP contribution in [-0.2, 0) is 19.7 Å². The highest BCUT2D eigenvalue weighted by molar-refractivity contribution is 5.73. The largest absolute Gasteiger partial charge is 0.392 e. The molecule has 3 N–H and O–H groups in total. The second-order valence-electron chi connectivity index (χ2n) is 4.94. The smallest absolute Gasteiger partial charge is 0.315 e. The number of aliphatic hydroxyl groups is 1. The number of carbonyl (C=O) groups excluding carboxylic acids is 1. The highest BCUT2D eigenvalue weighted by atomic mass is 16.3. The molecule has 0 aliphatic carbocycles. The van der Waals surface area contributed by atoms with Gasteiger partial charge in [0, 0.05) is 13.1 Å². The van der Waals surface area contributed by atoms with E-state index in [1.807, 2.05) is 55.5 Å². The zero-order valence-electron chi connectivity index (χ0n) is 12.1. The van der Waals surface area contributed by atoms with Gasteiger partial charge in [0.2, 0.25) is 0 Å². The lowest BCUT2D eigenvalue weighted by Crippen LogP contribution is -2.34. The lowest BCUT2D eigenvalue weighted by molar-refractivity contribution is 0.240. The van der Waals surface area contributed by atoms with Gasteiger partial charge in [0.1, 0.15) is 0 Å². The summed E-state index contributed by atoms with van der Waals surface area (Å²) in [5.74, 6) is 0. The molecule has 0 aliphatic rings. The van der Waals surface area contributed by atoms with Gasteiger partial charge >= 0.3 is 6.03 Å². The van der Waals surface area contributed by atoms with Gasteiger partial charge in [0.15, 0.2) is 0 Å². The van der Waals surface area contributed by atoms with Crippen molar-refractivity contribution in [3.63, 3.8) is 0 Å². The molecule has 0 heterocycles. The zero-order chi connectivity index (χ0) is 15.1. The van der Waals surface area contributed by atoms with Crippen LogP contribution in [0.5, 0.6) is 0 Å². The second-order valence-corrected chi connectivity index (χ2v) is 4.94. The van der Waals surface area contributed by atoms with Gasteiger partial charge < -0.3 is 15.7 Å². The van der Waals surface area contributed by atoms with Gasteiger partial charge in [-0.2, -0.15) is 0 Å². The van der Waals surface area contributed by atoms with Crippen molar-refractivity contribution in [2.24, 2.45) is 0 Å². The Morgan fingerprint density at radius 1 is 0.952 bits per heavy atom. The minimum absolute atomic E-state index is 0.0324. The summed E-state index contributed by atoms with van der Waals surface area (Å²) >= 11 is 0. The standard InChI is InChI=1S/C17H20N2O2/c1-13-4-2-3-5-16(13)11-19-17(21)18-10-14-6-8-15(12-20)9-7-14/h2-9,20H,10-12H2,1H3,(H2,18,19,21). The Balaban J connectivity index is 1.78. The van der Waals surface area contributed by atoms with Crippen molar-refractivity contribution in [1.82, 2.24) is 10.6 Å². The van der Waals surface area contributed by atoms with Crippen LogP contribution < -0.4 is 10.6 Å². The predicted molar refractivity (Wildman–Crippen MR) is 82.6 cm³/mol. The van der Waals surface area contributed by atoms with E-state index in [9.17, 15) is 4.79 Å². The van der Waals surface area contributed by atoms with Crippen molar-refractivity contribution in [2.75, 3.05) is 0 Å². The van der Waals surface area contributed by atoms with Crippen molar-refractivity contribution in [3.8, 4) is 0 Å². The summed E-state index contributed by atoms with van der Waals surface area (Å²) in [5.41, 5.74) is 4.14. The van der Waals surface area contributed by atoms with E-state index in [0.29, 0.717) is 13.1 Å². The molecule has 0 unspecified atom stereocenters. The number of hydrogen-bond donors (Lipinski definition) is 3. The van der Waals surface area contributed by atoms with E-state index in [2.05, 4.69) is 10.6 Å². The van der Waals surface area contributed by atoms with E-state index in [0.717, 1.165) is 22.3 Å². The number of aryl methyl sites for hydroxylation is 1. The van der Waals surface area contributed by atoms with Gasteiger partial charge in [0.05, 0.1) is 6.61 Å². The van der Waals surface area contributed by atoms with Crippen molar-refractivity contribution < 1.29 is 9.90 Å². The Morgan fingerprint density at radius 2 is 1.57 bits per heavy atom. The summed E-state index contributed by atoms with van der Waals surface area (Å²) in [6.45, 7) is 3.04. The fraction of sp³-hybridized carbons (Fsp3) is 0.235. The normalized spacial score (nSPS) is 10.2. The molecule has 2 amide bonds. The number of rotatable bonds is 5. The Kier molecular flexibility index (Phi) is 5.35. The number of nitrogens with one attached hydrogen (secondary N) is 2. The summed E-state index contributed by atoms with van der Waals surface area (Å²) in [4.78, 5) is 11.8. The van der Waals surface area contributed by atoms with Crippen LogP contribution in [0, 0.1) is 6.92 Å². The monoisotopic (exact) mass is 284 g/mol. The maximum atomic E-state index is 11.8. The van der Waals surface area contributed by atoms with Gasteiger partial charge in [0.25, 0.3) is 0 Å². The van der Waals surface area contributed by atoms with Crippen LogP contribution in [0.25, 0.3) is 0 Å². The van der Waals surface area contributed by atoms with Crippen molar-refractivity contribution >= 4 is 6.03 Å². The number of aliphatic hydroxyl groups excluding tert-OH is 1. The van der Waals surface area contributed by atoms with Crippen LogP contribution in [-0.4, -0.2) is 11.1 Å². The summed E-state index contributed by atoms with van der Waals surface area (Å²) < 4.78 is 0. The lowest BCUT2D eigenvalue weighted by atomic mass is 10.1. The van der Waals surface area contributed by atoms with Gasteiger partial charge in [-0.3, -0.25) is 0 Å². The van der Waals surface area contributed by atoms with Crippen LogP contribution in [0.4, 0.5) is 4.79 Å². The van der Waals surface area contributed by atoms with E-state index in [1.54, 1.807) is 0 Å². The predicted octanol–water partition coefficient (Wildman–Crippen LogP) is 2.49. The number of amides is 2. The molecule has 110 valence electrons. The molecule has 2 aromatic carbocycles. The first-order valence-electron chi connectivity index (χ1n) is 6.94. The zero-order valence-corrected chi connectivity index (χ0v) is 12.1. The number of carbonyl (C=O) groups is 1. The maximum Gasteiger partial charge on any atom is 0.315 e. The maximum absolute atomic E-state index is 11.8. The Labute approximate surface area is 124 Å². The summed E-state index contributed by atoms with van der Waals surface area (Å²) in [6.07, 6.45) is 0. The van der Waals surface area contributed by atoms with E-state index in [-0.39, 0.29) is 12.6 Å². The van der Waals surface area contributed by atoms with Crippen LogP contribution in [0.2, 0.25) is 0 Å². The van der Waals surface area contributed by atoms with E-state index in [1.165, 1.54) is 0 Å². The molecule has 0 bridgehead atoms. The molecule has 2 rings (SSSR count). The molecule has 0 saturated heterocycles. The van der Waals surface area contributed by atoms with E-state index >= 15 is 0 Å². The average Bonchev–Trinajstić information content (AvgIpc) is 2.52. The summed E-state index contributed by atoms with van der Waals surface area (Å²) in [5, 5.41) is 14.6. The lowest BCUT2D eigenvalue weighted by Gasteiger charge is -2.09. The van der Waals surface area contributed by atoms with Crippen LogP contribution in [0.1, 0.15) is 22.3 Å². The molecule has 0 radical (unpaired) electrons. The van der Waals surface area contributed by atoms with Gasteiger partial charge in [-0.1, -0.05) is 48.5 Å². The van der Waals surface area contributed by atoms with Crippen molar-refractivity contribution in [3.05, 3.63) is 70.8 Å². The minimum Gasteiger partial charge on any atom is -0.392 e. The summed E-state index contributed by atoms with van der Waals surface area (Å²) in [6, 6.07) is 15.3. The van der Waals surface area contributed by atoms with Gasteiger partial charge in [-0.15, -0.1) is 0 Å². The van der Waals surface area contributed by atoms with Crippen molar-refractivity contribution in [2.45, 2.75) is 26.6 Å². The Morgan fingerprint density at radius 3 is 2.24 bits per heavy atom. The third kappa shape index (κ3) is 4.61. The fourth-order valence-corrected chi connectivity index (χ4v) is 1.99. The van der Waals surface area contributed by atoms with Crippen molar-refractivity contribution in [1.29, 1.82) is 0 Å². The molecule has 0 aliphatic heterocycles. The molecule has 4 nitrogen and oxygen atoms in total. The Hall–Kier alpha value is -2.33. The first-order valence-corrected chi connectivity index (χ1v) is 6.94. The first kappa shape index (κ1) is 15.1. The molecule has 4 heteroatoms. The average molecular weight is 284 g/mol. The molecule has 0 aromatic heterocycles. The van der Waals surface area contributed by atoms with E-state index < -0.39 is 0 Å². The Bertz CT molecular complexity index is 594. The third-order valence-electron chi connectivity index (χ3n) is 3.36. The molecule has 0 saturated carbocycles. The van der Waals surface area contributed by atoms with Crippen LogP contribution in [0.15, 0.2) is 48.5 Å². The van der Waals surface area contributed by atoms with Crippen LogP contribution >= 0.6 is 0 Å². The highest BCUT2D eigenvalue weighted by Crippen LogP contribution is 2.06. The summed E-state index contributed by atoms with van der Waals surface area (Å²) in [7, 11) is 0. The molecule has 0 atom stereocenters. The SMILES string of the molecule is Cc1ccccc1CNC(=O)NCc1ccc(CO)cc1.